The molecule has 2 rings (SSSR count). The first-order valence-electron chi connectivity index (χ1n) is 7.62. The van der Waals surface area contributed by atoms with Crippen LogP contribution in [0.1, 0.15) is 18.7 Å². The third-order valence-corrected chi connectivity index (χ3v) is 5.36. The van der Waals surface area contributed by atoms with Gasteiger partial charge in [0.1, 0.15) is 12.1 Å². The minimum Gasteiger partial charge on any atom is -0.349 e. The van der Waals surface area contributed by atoms with Crippen LogP contribution in [0, 0.1) is 5.82 Å². The zero-order valence-corrected chi connectivity index (χ0v) is 14.8. The lowest BCUT2D eigenvalue weighted by molar-refractivity contribution is -0.121. The average molecular weight is 369 g/mol. The quantitative estimate of drug-likeness (QED) is 0.738. The molecule has 2 aromatic rings. The summed E-state index contributed by atoms with van der Waals surface area (Å²) in [6, 6.07) is 4.63. The summed E-state index contributed by atoms with van der Waals surface area (Å²) in [4.78, 5) is 15.8. The Balaban J connectivity index is 1.78. The maximum absolute atomic E-state index is 12.9. The molecule has 8 nitrogen and oxygen atoms in total. The normalized spacial score (nSPS) is 11.7. The number of sulfonamides is 1. The van der Waals surface area contributed by atoms with Crippen LogP contribution in [0.4, 0.5) is 4.39 Å². The molecule has 0 aliphatic heterocycles. The Morgan fingerprint density at radius 1 is 1.32 bits per heavy atom. The summed E-state index contributed by atoms with van der Waals surface area (Å²) in [5.41, 5.74) is 0. The molecule has 0 aliphatic carbocycles. The molecule has 136 valence electrons. The van der Waals surface area contributed by atoms with E-state index in [-0.39, 0.29) is 30.3 Å². The fourth-order valence-corrected chi connectivity index (χ4v) is 3.31. The fraction of sp³-hybridized carbons (Fsp3) is 0.400. The Morgan fingerprint density at radius 3 is 2.60 bits per heavy atom. The van der Waals surface area contributed by atoms with E-state index in [0.717, 1.165) is 16.4 Å². The molecule has 0 radical (unpaired) electrons. The van der Waals surface area contributed by atoms with Gasteiger partial charge in [0.15, 0.2) is 5.82 Å². The van der Waals surface area contributed by atoms with E-state index in [2.05, 4.69) is 15.4 Å². The molecule has 0 fully saturated rings. The number of nitrogens with one attached hydrogen (secondary N) is 1. The van der Waals surface area contributed by atoms with E-state index in [1.807, 2.05) is 0 Å². The van der Waals surface area contributed by atoms with Crippen LogP contribution in [0.3, 0.4) is 0 Å². The van der Waals surface area contributed by atoms with Crippen molar-refractivity contribution in [1.82, 2.24) is 24.4 Å². The lowest BCUT2D eigenvalue weighted by Gasteiger charge is -2.17. The van der Waals surface area contributed by atoms with Crippen LogP contribution in [0.5, 0.6) is 0 Å². The maximum atomic E-state index is 12.9. The number of carbonyl (C=O) groups is 1. The smallest absolute Gasteiger partial charge is 0.242 e. The Kier molecular flexibility index (Phi) is 6.21. The molecule has 0 spiro atoms. The van der Waals surface area contributed by atoms with Crippen LogP contribution in [0.2, 0.25) is 0 Å². The summed E-state index contributed by atoms with van der Waals surface area (Å²) >= 11 is 0. The Labute approximate surface area is 145 Å². The lowest BCUT2D eigenvalue weighted by Crippen LogP contribution is -2.29. The van der Waals surface area contributed by atoms with Crippen molar-refractivity contribution in [3.8, 4) is 0 Å². The van der Waals surface area contributed by atoms with Crippen molar-refractivity contribution in [3.63, 3.8) is 0 Å². The molecule has 0 atom stereocenters. The van der Waals surface area contributed by atoms with Gasteiger partial charge in [-0.25, -0.2) is 22.1 Å². The molecule has 0 saturated carbocycles. The van der Waals surface area contributed by atoms with Gasteiger partial charge in [0, 0.05) is 27.1 Å². The Hall–Kier alpha value is -2.33. The molecule has 1 amide bonds. The van der Waals surface area contributed by atoms with Crippen molar-refractivity contribution >= 4 is 15.9 Å². The van der Waals surface area contributed by atoms with Crippen molar-refractivity contribution in [2.45, 2.75) is 24.3 Å². The van der Waals surface area contributed by atoms with E-state index in [0.29, 0.717) is 12.2 Å². The van der Waals surface area contributed by atoms with E-state index in [1.165, 1.54) is 30.2 Å². The van der Waals surface area contributed by atoms with Gasteiger partial charge >= 0.3 is 0 Å². The van der Waals surface area contributed by atoms with E-state index in [4.69, 9.17) is 0 Å². The minimum atomic E-state index is -3.69. The topological polar surface area (TPSA) is 97.2 Å². The monoisotopic (exact) mass is 369 g/mol. The number of hydrogen-bond donors (Lipinski definition) is 1. The van der Waals surface area contributed by atoms with E-state index in [1.54, 1.807) is 7.05 Å². The Morgan fingerprint density at radius 2 is 2.00 bits per heavy atom. The molecule has 1 N–H and O–H groups in total. The number of benzene rings is 1. The molecule has 1 aromatic carbocycles. The van der Waals surface area contributed by atoms with Crippen LogP contribution in [-0.2, 0) is 28.4 Å². The highest BCUT2D eigenvalue weighted by Crippen LogP contribution is 2.15. The SMILES string of the molecule is CN(CCCC(=O)NCc1ncn(C)n1)S(=O)(=O)c1ccc(F)cc1. The maximum Gasteiger partial charge on any atom is 0.242 e. The van der Waals surface area contributed by atoms with Gasteiger partial charge in [-0.15, -0.1) is 0 Å². The highest BCUT2D eigenvalue weighted by atomic mass is 32.2. The molecular formula is C15H20FN5O3S. The van der Waals surface area contributed by atoms with Gasteiger partial charge in [0.2, 0.25) is 15.9 Å². The Bertz CT molecular complexity index is 820. The van der Waals surface area contributed by atoms with E-state index in [9.17, 15) is 17.6 Å². The fourth-order valence-electron chi connectivity index (χ4n) is 2.10. The van der Waals surface area contributed by atoms with E-state index >= 15 is 0 Å². The van der Waals surface area contributed by atoms with Gasteiger partial charge in [-0.3, -0.25) is 9.48 Å². The molecule has 0 unspecified atom stereocenters. The summed E-state index contributed by atoms with van der Waals surface area (Å²) < 4.78 is 40.2. The third kappa shape index (κ3) is 5.33. The van der Waals surface area contributed by atoms with Crippen LogP contribution >= 0.6 is 0 Å². The van der Waals surface area contributed by atoms with Crippen molar-refractivity contribution in [3.05, 3.63) is 42.2 Å². The van der Waals surface area contributed by atoms with Crippen molar-refractivity contribution in [1.29, 1.82) is 0 Å². The van der Waals surface area contributed by atoms with Crippen molar-refractivity contribution < 1.29 is 17.6 Å². The molecule has 0 saturated heterocycles. The molecule has 0 bridgehead atoms. The van der Waals surface area contributed by atoms with Crippen LogP contribution < -0.4 is 5.32 Å². The lowest BCUT2D eigenvalue weighted by atomic mass is 10.3. The second-order valence-corrected chi connectivity index (χ2v) is 7.54. The number of halogens is 1. The summed E-state index contributed by atoms with van der Waals surface area (Å²) in [5, 5.41) is 6.72. The molecule has 10 heteroatoms. The molecule has 1 aromatic heterocycles. The summed E-state index contributed by atoms with van der Waals surface area (Å²) in [5.74, 6) is -0.201. The van der Waals surface area contributed by atoms with Crippen LogP contribution in [0.25, 0.3) is 0 Å². The summed E-state index contributed by atoms with van der Waals surface area (Å²) in [6.45, 7) is 0.401. The van der Waals surface area contributed by atoms with Gasteiger partial charge in [-0.1, -0.05) is 0 Å². The highest BCUT2D eigenvalue weighted by Gasteiger charge is 2.20. The minimum absolute atomic E-state index is 0.0158. The average Bonchev–Trinajstić information content (AvgIpc) is 2.98. The number of carbonyl (C=O) groups excluding carboxylic acids is 1. The number of aryl methyl sites for hydroxylation is 1. The zero-order chi connectivity index (χ0) is 18.4. The second kappa shape index (κ2) is 8.17. The van der Waals surface area contributed by atoms with Gasteiger partial charge in [0.25, 0.3) is 0 Å². The largest absolute Gasteiger partial charge is 0.349 e. The van der Waals surface area contributed by atoms with Crippen LogP contribution in [0.15, 0.2) is 35.5 Å². The molecule has 25 heavy (non-hydrogen) atoms. The number of rotatable bonds is 8. The van der Waals surface area contributed by atoms with Crippen molar-refractivity contribution in [2.24, 2.45) is 7.05 Å². The standard InChI is InChI=1S/C15H20FN5O3S/c1-20-11-18-14(19-20)10-17-15(22)4-3-9-21(2)25(23,24)13-7-5-12(16)6-8-13/h5-8,11H,3-4,9-10H2,1-2H3,(H,17,22). The molecule has 1 heterocycles. The second-order valence-electron chi connectivity index (χ2n) is 5.50. The van der Waals surface area contributed by atoms with Crippen molar-refractivity contribution in [2.75, 3.05) is 13.6 Å². The highest BCUT2D eigenvalue weighted by molar-refractivity contribution is 7.89. The number of amides is 1. The number of hydrogen-bond acceptors (Lipinski definition) is 5. The summed E-state index contributed by atoms with van der Waals surface area (Å²) in [6.07, 6.45) is 2.07. The van der Waals surface area contributed by atoms with E-state index < -0.39 is 15.8 Å². The summed E-state index contributed by atoms with van der Waals surface area (Å²) in [7, 11) is -0.537. The first-order chi connectivity index (χ1) is 11.8. The van der Waals surface area contributed by atoms with Gasteiger partial charge in [-0.05, 0) is 30.7 Å². The zero-order valence-electron chi connectivity index (χ0n) is 14.0. The van der Waals surface area contributed by atoms with Crippen LogP contribution in [-0.4, -0.2) is 47.0 Å². The van der Waals surface area contributed by atoms with Gasteiger partial charge in [-0.2, -0.15) is 5.10 Å². The predicted molar refractivity (Wildman–Crippen MR) is 88.3 cm³/mol. The molecular weight excluding hydrogens is 349 g/mol. The van der Waals surface area contributed by atoms with Gasteiger partial charge < -0.3 is 5.32 Å². The predicted octanol–water partition coefficient (Wildman–Crippen LogP) is 0.671. The first kappa shape index (κ1) is 19.0. The number of nitrogens with zero attached hydrogens (tertiary/aromatic N) is 4. The van der Waals surface area contributed by atoms with Gasteiger partial charge in [0.05, 0.1) is 11.4 Å². The number of aromatic nitrogens is 3. The molecule has 0 aliphatic rings. The first-order valence-corrected chi connectivity index (χ1v) is 9.06. The third-order valence-electron chi connectivity index (χ3n) is 3.49.